The third-order valence-electron chi connectivity index (χ3n) is 2.85. The fourth-order valence-corrected chi connectivity index (χ4v) is 2.33. The summed E-state index contributed by atoms with van der Waals surface area (Å²) in [5.74, 6) is 0.534. The van der Waals surface area contributed by atoms with E-state index in [1.54, 1.807) is 31.2 Å². The molecule has 0 bridgehead atoms. The van der Waals surface area contributed by atoms with Gasteiger partial charge in [0, 0.05) is 5.56 Å². The van der Waals surface area contributed by atoms with Gasteiger partial charge in [0.15, 0.2) is 0 Å². The number of hydrogen-bond donors (Lipinski definition) is 1. The zero-order valence-electron chi connectivity index (χ0n) is 10.7. The van der Waals surface area contributed by atoms with Crippen molar-refractivity contribution in [2.24, 2.45) is 0 Å². The van der Waals surface area contributed by atoms with Gasteiger partial charge in [-0.1, -0.05) is 53.0 Å². The normalized spacial score (nSPS) is 12.2. The predicted molar refractivity (Wildman–Crippen MR) is 82.9 cm³/mol. The minimum absolute atomic E-state index is 0.271. The first-order chi connectivity index (χ1) is 9.49. The Hall–Kier alpha value is -0.930. The van der Waals surface area contributed by atoms with Crippen molar-refractivity contribution >= 4 is 34.8 Å². The zero-order chi connectivity index (χ0) is 14.7. The van der Waals surface area contributed by atoms with Crippen LogP contribution in [0.1, 0.15) is 24.2 Å². The summed E-state index contributed by atoms with van der Waals surface area (Å²) < 4.78 is 5.64. The van der Waals surface area contributed by atoms with Crippen molar-refractivity contribution in [1.82, 2.24) is 0 Å². The van der Waals surface area contributed by atoms with Crippen LogP contribution in [-0.4, -0.2) is 5.11 Å². The highest BCUT2D eigenvalue weighted by Crippen LogP contribution is 2.30. The van der Waals surface area contributed by atoms with E-state index in [2.05, 4.69) is 0 Å². The van der Waals surface area contributed by atoms with Gasteiger partial charge in [-0.05, 0) is 30.7 Å². The van der Waals surface area contributed by atoms with E-state index in [4.69, 9.17) is 39.5 Å². The van der Waals surface area contributed by atoms with Crippen LogP contribution in [0, 0.1) is 0 Å². The highest BCUT2D eigenvalue weighted by atomic mass is 35.5. The Kier molecular flexibility index (Phi) is 5.17. The van der Waals surface area contributed by atoms with Crippen LogP contribution in [0.3, 0.4) is 0 Å². The van der Waals surface area contributed by atoms with Crippen LogP contribution < -0.4 is 4.74 Å². The van der Waals surface area contributed by atoms with Gasteiger partial charge >= 0.3 is 0 Å². The average Bonchev–Trinajstić information content (AvgIpc) is 2.41. The molecule has 2 nitrogen and oxygen atoms in total. The van der Waals surface area contributed by atoms with E-state index in [9.17, 15) is 5.11 Å². The van der Waals surface area contributed by atoms with Crippen LogP contribution in [0.25, 0.3) is 0 Å². The van der Waals surface area contributed by atoms with Gasteiger partial charge in [0.1, 0.15) is 12.4 Å². The predicted octanol–water partition coefficient (Wildman–Crippen LogP) is 5.28. The molecular formula is C15H13Cl3O2. The van der Waals surface area contributed by atoms with Gasteiger partial charge < -0.3 is 9.84 Å². The molecule has 2 aromatic rings. The van der Waals surface area contributed by atoms with E-state index in [1.165, 1.54) is 0 Å². The molecule has 2 aromatic carbocycles. The summed E-state index contributed by atoms with van der Waals surface area (Å²) in [6.45, 7) is 1.95. The van der Waals surface area contributed by atoms with Crippen molar-refractivity contribution < 1.29 is 9.84 Å². The quantitative estimate of drug-likeness (QED) is 0.826. The van der Waals surface area contributed by atoms with Crippen molar-refractivity contribution in [3.05, 3.63) is 62.6 Å². The Bertz CT molecular complexity index is 612. The molecule has 0 saturated heterocycles. The second-order valence-corrected chi connectivity index (χ2v) is 5.56. The smallest absolute Gasteiger partial charge is 0.138 e. The molecule has 0 unspecified atom stereocenters. The molecule has 0 aliphatic carbocycles. The van der Waals surface area contributed by atoms with Gasteiger partial charge in [0.25, 0.3) is 0 Å². The number of halogens is 3. The fourth-order valence-electron chi connectivity index (χ4n) is 1.71. The summed E-state index contributed by atoms with van der Waals surface area (Å²) >= 11 is 18.1. The van der Waals surface area contributed by atoms with Crippen LogP contribution in [-0.2, 0) is 6.61 Å². The minimum atomic E-state index is -0.566. The highest BCUT2D eigenvalue weighted by molar-refractivity contribution is 6.42. The van der Waals surface area contributed by atoms with Crippen LogP contribution >= 0.6 is 34.8 Å². The zero-order valence-corrected chi connectivity index (χ0v) is 13.0. The molecule has 0 saturated carbocycles. The Morgan fingerprint density at radius 3 is 2.50 bits per heavy atom. The van der Waals surface area contributed by atoms with Crippen molar-refractivity contribution in [3.8, 4) is 5.75 Å². The van der Waals surface area contributed by atoms with E-state index in [-0.39, 0.29) is 6.61 Å². The van der Waals surface area contributed by atoms with Gasteiger partial charge in [-0.3, -0.25) is 0 Å². The molecule has 0 fully saturated rings. The Morgan fingerprint density at radius 2 is 1.85 bits per heavy atom. The fraction of sp³-hybridized carbons (Fsp3) is 0.200. The van der Waals surface area contributed by atoms with Crippen LogP contribution in [0.5, 0.6) is 5.75 Å². The van der Waals surface area contributed by atoms with Crippen molar-refractivity contribution in [3.63, 3.8) is 0 Å². The van der Waals surface area contributed by atoms with Gasteiger partial charge in [0.2, 0.25) is 0 Å². The van der Waals surface area contributed by atoms with E-state index in [0.717, 1.165) is 11.1 Å². The van der Waals surface area contributed by atoms with E-state index in [1.807, 2.05) is 12.1 Å². The molecule has 0 aliphatic rings. The lowest BCUT2D eigenvalue weighted by atomic mass is 10.1. The standard InChI is InChI=1S/C15H13Cl3O2/c1-9(19)10-5-6-14(13(17)7-10)20-8-11-3-2-4-12(16)15(11)18/h2-7,9,19H,8H2,1H3/t9-/m1/s1. The average molecular weight is 332 g/mol. The van der Waals surface area contributed by atoms with Crippen molar-refractivity contribution in [1.29, 1.82) is 0 Å². The van der Waals surface area contributed by atoms with Gasteiger partial charge in [-0.25, -0.2) is 0 Å². The Labute approximate surface area is 132 Å². The largest absolute Gasteiger partial charge is 0.487 e. The number of ether oxygens (including phenoxy) is 1. The van der Waals surface area contributed by atoms with Crippen LogP contribution in [0.15, 0.2) is 36.4 Å². The maximum absolute atomic E-state index is 9.48. The maximum Gasteiger partial charge on any atom is 0.138 e. The molecule has 2 rings (SSSR count). The Balaban J connectivity index is 2.13. The van der Waals surface area contributed by atoms with Gasteiger partial charge in [-0.15, -0.1) is 0 Å². The minimum Gasteiger partial charge on any atom is -0.487 e. The summed E-state index contributed by atoms with van der Waals surface area (Å²) in [5.41, 5.74) is 1.53. The third kappa shape index (κ3) is 3.58. The number of hydrogen-bond acceptors (Lipinski definition) is 2. The first-order valence-electron chi connectivity index (χ1n) is 6.02. The second-order valence-electron chi connectivity index (χ2n) is 4.37. The van der Waals surface area contributed by atoms with E-state index < -0.39 is 6.10 Å². The third-order valence-corrected chi connectivity index (χ3v) is 4.01. The van der Waals surface area contributed by atoms with Crippen LogP contribution in [0.4, 0.5) is 0 Å². The molecule has 0 spiro atoms. The van der Waals surface area contributed by atoms with Crippen LogP contribution in [0.2, 0.25) is 15.1 Å². The topological polar surface area (TPSA) is 29.5 Å². The summed E-state index contributed by atoms with van der Waals surface area (Å²) in [6.07, 6.45) is -0.566. The molecule has 106 valence electrons. The number of rotatable bonds is 4. The maximum atomic E-state index is 9.48. The van der Waals surface area contributed by atoms with Gasteiger partial charge in [-0.2, -0.15) is 0 Å². The van der Waals surface area contributed by atoms with Crippen molar-refractivity contribution in [2.75, 3.05) is 0 Å². The number of aliphatic hydroxyl groups is 1. The lowest BCUT2D eigenvalue weighted by molar-refractivity contribution is 0.199. The molecule has 1 atom stereocenters. The lowest BCUT2D eigenvalue weighted by Crippen LogP contribution is -1.98. The second kappa shape index (κ2) is 6.68. The van der Waals surface area contributed by atoms with E-state index >= 15 is 0 Å². The molecular weight excluding hydrogens is 319 g/mol. The summed E-state index contributed by atoms with van der Waals surface area (Å²) in [7, 11) is 0. The highest BCUT2D eigenvalue weighted by Gasteiger charge is 2.09. The summed E-state index contributed by atoms with van der Waals surface area (Å²) in [5, 5.41) is 10.9. The molecule has 1 N–H and O–H groups in total. The number of benzene rings is 2. The Morgan fingerprint density at radius 1 is 1.10 bits per heavy atom. The first kappa shape index (κ1) is 15.5. The molecule has 0 radical (unpaired) electrons. The first-order valence-corrected chi connectivity index (χ1v) is 7.15. The molecule has 0 aromatic heterocycles. The molecule has 0 heterocycles. The summed E-state index contributed by atoms with van der Waals surface area (Å²) in [6, 6.07) is 10.5. The summed E-state index contributed by atoms with van der Waals surface area (Å²) in [4.78, 5) is 0. The van der Waals surface area contributed by atoms with E-state index in [0.29, 0.717) is 20.8 Å². The molecule has 0 aliphatic heterocycles. The monoisotopic (exact) mass is 330 g/mol. The van der Waals surface area contributed by atoms with Gasteiger partial charge in [0.05, 0.1) is 21.2 Å². The molecule has 5 heteroatoms. The number of aliphatic hydroxyl groups excluding tert-OH is 1. The molecule has 0 amide bonds. The SMILES string of the molecule is C[C@@H](O)c1ccc(OCc2cccc(Cl)c2Cl)c(Cl)c1. The lowest BCUT2D eigenvalue weighted by Gasteiger charge is -2.12. The van der Waals surface area contributed by atoms with Crippen molar-refractivity contribution in [2.45, 2.75) is 19.6 Å². The molecule has 20 heavy (non-hydrogen) atoms.